The number of phenolic OH excluding ortho intramolecular Hbond substituents is 1. The molecule has 1 heterocycles. The Hall–Kier alpha value is -2.38. The third-order valence-corrected chi connectivity index (χ3v) is 6.13. The lowest BCUT2D eigenvalue weighted by molar-refractivity contribution is 0.102. The Morgan fingerprint density at radius 1 is 1.08 bits per heavy atom. The van der Waals surface area contributed by atoms with Crippen molar-refractivity contribution in [3.05, 3.63) is 53.6 Å². The summed E-state index contributed by atoms with van der Waals surface area (Å²) in [5.74, 6) is -0.591. The highest BCUT2D eigenvalue weighted by atomic mass is 32.2. The molecule has 1 aliphatic heterocycles. The Bertz CT molecular complexity index is 886. The van der Waals surface area contributed by atoms with E-state index in [1.165, 1.54) is 22.5 Å². The Labute approximate surface area is 147 Å². The number of hydrogen-bond donors (Lipinski definition) is 2. The van der Waals surface area contributed by atoms with E-state index in [2.05, 4.69) is 5.32 Å². The van der Waals surface area contributed by atoms with Crippen molar-refractivity contribution >= 4 is 21.6 Å². The average Bonchev–Trinajstić information content (AvgIpc) is 3.12. The van der Waals surface area contributed by atoms with Crippen molar-refractivity contribution in [2.24, 2.45) is 0 Å². The molecule has 0 aromatic heterocycles. The van der Waals surface area contributed by atoms with E-state index in [9.17, 15) is 18.3 Å². The number of nitrogens with one attached hydrogen (secondary N) is 1. The van der Waals surface area contributed by atoms with Gasteiger partial charge in [-0.05, 0) is 50.1 Å². The minimum absolute atomic E-state index is 0.0615. The molecule has 3 rings (SSSR count). The largest absolute Gasteiger partial charge is 0.506 e. The van der Waals surface area contributed by atoms with Crippen LogP contribution in [0.25, 0.3) is 0 Å². The summed E-state index contributed by atoms with van der Waals surface area (Å²) < 4.78 is 26.7. The van der Waals surface area contributed by atoms with Crippen LogP contribution in [-0.2, 0) is 10.0 Å². The molecule has 2 N–H and O–H groups in total. The molecule has 0 spiro atoms. The fourth-order valence-electron chi connectivity index (χ4n) is 2.75. The SMILES string of the molecule is Cc1ccc(C(=O)Nc2cc(S(=O)(=O)N3CCCC3)ccc2O)cc1. The average molecular weight is 360 g/mol. The van der Waals surface area contributed by atoms with Crippen LogP contribution in [0.1, 0.15) is 28.8 Å². The molecular weight excluding hydrogens is 340 g/mol. The molecule has 1 aliphatic rings. The molecule has 2 aromatic carbocycles. The van der Waals surface area contributed by atoms with E-state index < -0.39 is 15.9 Å². The predicted molar refractivity (Wildman–Crippen MR) is 95.2 cm³/mol. The number of aryl methyl sites for hydroxylation is 1. The minimum Gasteiger partial charge on any atom is -0.506 e. The van der Waals surface area contributed by atoms with E-state index in [4.69, 9.17) is 0 Å². The van der Waals surface area contributed by atoms with Gasteiger partial charge in [0.05, 0.1) is 10.6 Å². The Balaban J connectivity index is 1.87. The summed E-state index contributed by atoms with van der Waals surface area (Å²) in [5.41, 5.74) is 1.53. The van der Waals surface area contributed by atoms with Crippen molar-refractivity contribution in [2.75, 3.05) is 18.4 Å². The van der Waals surface area contributed by atoms with Gasteiger partial charge in [-0.1, -0.05) is 17.7 Å². The van der Waals surface area contributed by atoms with Crippen LogP contribution in [0.3, 0.4) is 0 Å². The number of carbonyl (C=O) groups excluding carboxylic acids is 1. The van der Waals surface area contributed by atoms with Crippen molar-refractivity contribution in [1.29, 1.82) is 0 Å². The molecule has 0 atom stereocenters. The van der Waals surface area contributed by atoms with Crippen LogP contribution in [0.2, 0.25) is 0 Å². The first-order chi connectivity index (χ1) is 11.9. The zero-order valence-electron chi connectivity index (χ0n) is 13.9. The van der Waals surface area contributed by atoms with E-state index in [1.54, 1.807) is 12.1 Å². The molecule has 1 fully saturated rings. The third kappa shape index (κ3) is 3.67. The molecule has 1 saturated heterocycles. The predicted octanol–water partition coefficient (Wildman–Crippen LogP) is 2.74. The maximum atomic E-state index is 12.6. The third-order valence-electron chi connectivity index (χ3n) is 4.23. The zero-order valence-corrected chi connectivity index (χ0v) is 14.7. The normalized spacial score (nSPS) is 15.2. The van der Waals surface area contributed by atoms with Gasteiger partial charge >= 0.3 is 0 Å². The molecule has 132 valence electrons. The number of phenols is 1. The second-order valence-electron chi connectivity index (χ2n) is 6.11. The van der Waals surface area contributed by atoms with Gasteiger partial charge in [0, 0.05) is 18.7 Å². The molecule has 7 heteroatoms. The minimum atomic E-state index is -3.61. The van der Waals surface area contributed by atoms with Crippen LogP contribution in [-0.4, -0.2) is 36.8 Å². The quantitative estimate of drug-likeness (QED) is 0.821. The summed E-state index contributed by atoms with van der Waals surface area (Å²) in [6.45, 7) is 2.91. The standard InChI is InChI=1S/C18H20N2O4S/c1-13-4-6-14(7-5-13)18(22)19-16-12-15(8-9-17(16)21)25(23,24)20-10-2-3-11-20/h4-9,12,21H,2-3,10-11H2,1H3,(H,19,22). The van der Waals surface area contributed by atoms with Crippen molar-refractivity contribution in [1.82, 2.24) is 4.31 Å². The molecule has 0 saturated carbocycles. The van der Waals surface area contributed by atoms with Gasteiger partial charge < -0.3 is 10.4 Å². The number of nitrogens with zero attached hydrogens (tertiary/aromatic N) is 1. The maximum Gasteiger partial charge on any atom is 0.255 e. The number of rotatable bonds is 4. The molecule has 1 amide bonds. The van der Waals surface area contributed by atoms with Gasteiger partial charge in [0.1, 0.15) is 5.75 Å². The zero-order chi connectivity index (χ0) is 18.0. The molecule has 0 unspecified atom stereocenters. The fraction of sp³-hybridized carbons (Fsp3) is 0.278. The summed E-state index contributed by atoms with van der Waals surface area (Å²) in [5, 5.41) is 12.6. The molecule has 0 radical (unpaired) electrons. The van der Waals surface area contributed by atoms with Gasteiger partial charge in [0.2, 0.25) is 10.0 Å². The monoisotopic (exact) mass is 360 g/mol. The lowest BCUT2D eigenvalue weighted by atomic mass is 10.1. The van der Waals surface area contributed by atoms with Crippen molar-refractivity contribution < 1.29 is 18.3 Å². The first-order valence-corrected chi connectivity index (χ1v) is 9.53. The number of benzene rings is 2. The number of amides is 1. The number of sulfonamides is 1. The highest BCUT2D eigenvalue weighted by Crippen LogP contribution is 2.29. The van der Waals surface area contributed by atoms with Gasteiger partial charge in [0.15, 0.2) is 0 Å². The number of aromatic hydroxyl groups is 1. The van der Waals surface area contributed by atoms with Crippen LogP contribution in [0.5, 0.6) is 5.75 Å². The van der Waals surface area contributed by atoms with Crippen LogP contribution >= 0.6 is 0 Å². The van der Waals surface area contributed by atoms with E-state index in [0.29, 0.717) is 18.7 Å². The van der Waals surface area contributed by atoms with E-state index >= 15 is 0 Å². The molecule has 2 aromatic rings. The summed E-state index contributed by atoms with van der Waals surface area (Å²) in [6, 6.07) is 10.9. The highest BCUT2D eigenvalue weighted by molar-refractivity contribution is 7.89. The van der Waals surface area contributed by atoms with Crippen LogP contribution in [0, 0.1) is 6.92 Å². The van der Waals surface area contributed by atoms with E-state index in [0.717, 1.165) is 18.4 Å². The Morgan fingerprint density at radius 2 is 1.72 bits per heavy atom. The summed E-state index contributed by atoms with van der Waals surface area (Å²) in [7, 11) is -3.61. The molecule has 6 nitrogen and oxygen atoms in total. The van der Waals surface area contributed by atoms with Gasteiger partial charge in [-0.2, -0.15) is 4.31 Å². The smallest absolute Gasteiger partial charge is 0.255 e. The maximum absolute atomic E-state index is 12.6. The topological polar surface area (TPSA) is 86.7 Å². The lowest BCUT2D eigenvalue weighted by Gasteiger charge is -2.16. The van der Waals surface area contributed by atoms with Gasteiger partial charge in [0.25, 0.3) is 5.91 Å². The second-order valence-corrected chi connectivity index (χ2v) is 8.05. The summed E-state index contributed by atoms with van der Waals surface area (Å²) >= 11 is 0. The van der Waals surface area contributed by atoms with Crippen molar-refractivity contribution in [3.63, 3.8) is 0 Å². The number of hydrogen-bond acceptors (Lipinski definition) is 4. The second kappa shape index (κ2) is 6.85. The Morgan fingerprint density at radius 3 is 2.36 bits per heavy atom. The highest BCUT2D eigenvalue weighted by Gasteiger charge is 2.27. The summed E-state index contributed by atoms with van der Waals surface area (Å²) in [4.78, 5) is 12.4. The van der Waals surface area contributed by atoms with Crippen molar-refractivity contribution in [2.45, 2.75) is 24.7 Å². The number of carbonyl (C=O) groups is 1. The van der Waals surface area contributed by atoms with Gasteiger partial charge in [-0.3, -0.25) is 4.79 Å². The van der Waals surface area contributed by atoms with Crippen LogP contribution in [0.4, 0.5) is 5.69 Å². The van der Waals surface area contributed by atoms with Crippen LogP contribution < -0.4 is 5.32 Å². The first kappa shape index (κ1) is 17.4. The Kier molecular flexibility index (Phi) is 4.78. The van der Waals surface area contributed by atoms with Crippen molar-refractivity contribution in [3.8, 4) is 5.75 Å². The molecule has 0 aliphatic carbocycles. The van der Waals surface area contributed by atoms with E-state index in [1.807, 2.05) is 19.1 Å². The fourth-order valence-corrected chi connectivity index (χ4v) is 4.30. The summed E-state index contributed by atoms with van der Waals surface area (Å²) in [6.07, 6.45) is 1.68. The number of anilines is 1. The van der Waals surface area contributed by atoms with Gasteiger partial charge in [-0.25, -0.2) is 8.42 Å². The first-order valence-electron chi connectivity index (χ1n) is 8.09. The molecule has 0 bridgehead atoms. The lowest BCUT2D eigenvalue weighted by Crippen LogP contribution is -2.28. The van der Waals surface area contributed by atoms with Gasteiger partial charge in [-0.15, -0.1) is 0 Å². The van der Waals surface area contributed by atoms with E-state index in [-0.39, 0.29) is 16.3 Å². The molecular formula is C18H20N2O4S. The van der Waals surface area contributed by atoms with Crippen LogP contribution in [0.15, 0.2) is 47.4 Å². The molecule has 25 heavy (non-hydrogen) atoms.